The summed E-state index contributed by atoms with van der Waals surface area (Å²) in [6, 6.07) is 13.3. The number of anilines is 2. The molecule has 0 saturated carbocycles. The third-order valence-corrected chi connectivity index (χ3v) is 4.15. The van der Waals surface area contributed by atoms with E-state index >= 15 is 0 Å². The number of hydrogen-bond acceptors (Lipinski definition) is 6. The summed E-state index contributed by atoms with van der Waals surface area (Å²) in [6.45, 7) is 0. The lowest BCUT2D eigenvalue weighted by atomic mass is 10.2. The highest BCUT2D eigenvalue weighted by Crippen LogP contribution is 2.29. The van der Waals surface area contributed by atoms with Crippen LogP contribution in [-0.2, 0) is 9.59 Å². The van der Waals surface area contributed by atoms with Gasteiger partial charge in [-0.15, -0.1) is 0 Å². The molecule has 0 aliphatic carbocycles. The van der Waals surface area contributed by atoms with Gasteiger partial charge in [0.2, 0.25) is 17.8 Å². The Morgan fingerprint density at radius 3 is 2.63 bits per heavy atom. The van der Waals surface area contributed by atoms with Crippen LogP contribution >= 0.6 is 0 Å². The zero-order valence-electron chi connectivity index (χ0n) is 16.5. The molecule has 1 aliphatic rings. The van der Waals surface area contributed by atoms with Crippen LogP contribution in [0.15, 0.2) is 58.5 Å². The van der Waals surface area contributed by atoms with E-state index < -0.39 is 17.9 Å². The fourth-order valence-corrected chi connectivity index (χ4v) is 2.72. The second kappa shape index (κ2) is 9.41. The lowest BCUT2D eigenvalue weighted by Gasteiger charge is -2.12. The van der Waals surface area contributed by atoms with Crippen molar-refractivity contribution in [1.82, 2.24) is 5.32 Å². The van der Waals surface area contributed by atoms with Gasteiger partial charge in [-0.05, 0) is 24.3 Å². The van der Waals surface area contributed by atoms with Crippen LogP contribution < -0.4 is 31.2 Å². The van der Waals surface area contributed by atoms with Gasteiger partial charge in [0.15, 0.2) is 0 Å². The van der Waals surface area contributed by atoms with Crippen LogP contribution in [0.5, 0.6) is 11.5 Å². The van der Waals surface area contributed by atoms with E-state index in [-0.39, 0.29) is 18.3 Å². The second-order valence-corrected chi connectivity index (χ2v) is 6.26. The van der Waals surface area contributed by atoms with E-state index in [1.165, 1.54) is 14.2 Å². The highest BCUT2D eigenvalue weighted by Gasteiger charge is 2.29. The van der Waals surface area contributed by atoms with Crippen molar-refractivity contribution < 1.29 is 19.1 Å². The molecule has 1 atom stereocenters. The Morgan fingerprint density at radius 2 is 1.93 bits per heavy atom. The molecular formula is C20H22N6O4. The van der Waals surface area contributed by atoms with E-state index in [9.17, 15) is 9.59 Å². The molecule has 0 fully saturated rings. The average Bonchev–Trinajstić information content (AvgIpc) is 3.07. The molecule has 1 aliphatic heterocycles. The number of carbonyl (C=O) groups excluding carboxylic acids is 2. The maximum Gasteiger partial charge on any atom is 0.252 e. The SMILES string of the molecule is COc1ccc(NC(=O)CC2N=C(/N=C(\N)Nc3ccccc3)NC2=O)c(OC)c1. The summed E-state index contributed by atoms with van der Waals surface area (Å²) in [4.78, 5) is 32.7. The number of carbonyl (C=O) groups is 2. The largest absolute Gasteiger partial charge is 0.497 e. The first kappa shape index (κ1) is 20.6. The molecule has 156 valence electrons. The minimum Gasteiger partial charge on any atom is -0.497 e. The van der Waals surface area contributed by atoms with Crippen molar-refractivity contribution in [1.29, 1.82) is 0 Å². The van der Waals surface area contributed by atoms with Gasteiger partial charge >= 0.3 is 0 Å². The number of rotatable bonds is 6. The van der Waals surface area contributed by atoms with E-state index in [1.807, 2.05) is 30.3 Å². The summed E-state index contributed by atoms with van der Waals surface area (Å²) in [7, 11) is 3.02. The molecule has 1 unspecified atom stereocenters. The molecule has 10 nitrogen and oxygen atoms in total. The van der Waals surface area contributed by atoms with Gasteiger partial charge in [0.05, 0.1) is 26.3 Å². The first-order chi connectivity index (χ1) is 14.5. The zero-order chi connectivity index (χ0) is 21.5. The predicted octanol–water partition coefficient (Wildman–Crippen LogP) is 1.31. The summed E-state index contributed by atoms with van der Waals surface area (Å²) >= 11 is 0. The normalized spacial score (nSPS) is 15.8. The van der Waals surface area contributed by atoms with Gasteiger partial charge < -0.3 is 25.8 Å². The van der Waals surface area contributed by atoms with Crippen molar-refractivity contribution in [2.75, 3.05) is 24.9 Å². The van der Waals surface area contributed by atoms with E-state index in [2.05, 4.69) is 25.9 Å². The molecule has 3 rings (SSSR count). The maximum atomic E-state index is 12.4. The van der Waals surface area contributed by atoms with Crippen molar-refractivity contribution in [3.05, 3.63) is 48.5 Å². The van der Waals surface area contributed by atoms with E-state index in [0.29, 0.717) is 17.2 Å². The minimum atomic E-state index is -0.905. The van der Waals surface area contributed by atoms with Crippen molar-refractivity contribution >= 4 is 35.1 Å². The van der Waals surface area contributed by atoms with Gasteiger partial charge in [-0.1, -0.05) is 18.2 Å². The van der Waals surface area contributed by atoms with Gasteiger partial charge in [-0.3, -0.25) is 14.9 Å². The number of benzene rings is 2. The van der Waals surface area contributed by atoms with Crippen molar-refractivity contribution in [2.24, 2.45) is 15.7 Å². The summed E-state index contributed by atoms with van der Waals surface area (Å²) in [5.74, 6) is 0.302. The van der Waals surface area contributed by atoms with Crippen molar-refractivity contribution in [2.45, 2.75) is 12.5 Å². The average molecular weight is 410 g/mol. The Balaban J connectivity index is 1.62. The van der Waals surface area contributed by atoms with Crippen LogP contribution in [0.2, 0.25) is 0 Å². The minimum absolute atomic E-state index is 0.0424. The molecule has 5 N–H and O–H groups in total. The lowest BCUT2D eigenvalue weighted by Crippen LogP contribution is -2.32. The quantitative estimate of drug-likeness (QED) is 0.418. The third kappa shape index (κ3) is 5.25. The summed E-state index contributed by atoms with van der Waals surface area (Å²) < 4.78 is 10.4. The van der Waals surface area contributed by atoms with Crippen LogP contribution in [0.3, 0.4) is 0 Å². The summed E-state index contributed by atoms with van der Waals surface area (Å²) in [5.41, 5.74) is 7.04. The smallest absolute Gasteiger partial charge is 0.252 e. The van der Waals surface area contributed by atoms with E-state index in [1.54, 1.807) is 18.2 Å². The number of nitrogens with two attached hydrogens (primary N) is 1. The van der Waals surface area contributed by atoms with Crippen LogP contribution in [0.4, 0.5) is 11.4 Å². The number of ether oxygens (including phenoxy) is 2. The number of nitrogens with zero attached hydrogens (tertiary/aromatic N) is 2. The van der Waals surface area contributed by atoms with E-state index in [0.717, 1.165) is 5.69 Å². The zero-order valence-corrected chi connectivity index (χ0v) is 16.5. The molecule has 0 radical (unpaired) electrons. The van der Waals surface area contributed by atoms with Gasteiger partial charge in [0.1, 0.15) is 17.5 Å². The van der Waals surface area contributed by atoms with Gasteiger partial charge in [-0.2, -0.15) is 4.99 Å². The topological polar surface area (TPSA) is 139 Å². The number of hydrogen-bond donors (Lipinski definition) is 4. The number of guanidine groups is 2. The fourth-order valence-electron chi connectivity index (χ4n) is 2.72. The Hall–Kier alpha value is -4.08. The van der Waals surface area contributed by atoms with Gasteiger partial charge in [0.25, 0.3) is 5.91 Å². The Morgan fingerprint density at radius 1 is 1.17 bits per heavy atom. The molecule has 1 heterocycles. The molecule has 0 aromatic heterocycles. The first-order valence-electron chi connectivity index (χ1n) is 9.05. The number of methoxy groups -OCH3 is 2. The van der Waals surface area contributed by atoms with Crippen LogP contribution in [0.25, 0.3) is 0 Å². The Bertz CT molecular complexity index is 990. The van der Waals surface area contributed by atoms with Crippen LogP contribution in [0.1, 0.15) is 6.42 Å². The fraction of sp³-hybridized carbons (Fsp3) is 0.200. The molecular weight excluding hydrogens is 388 g/mol. The van der Waals surface area contributed by atoms with Crippen molar-refractivity contribution in [3.63, 3.8) is 0 Å². The number of amides is 2. The molecule has 0 spiro atoms. The highest BCUT2D eigenvalue weighted by atomic mass is 16.5. The monoisotopic (exact) mass is 410 g/mol. The lowest BCUT2D eigenvalue weighted by molar-refractivity contribution is -0.123. The standard InChI is InChI=1S/C20H22N6O4/c1-29-13-8-9-14(16(10-13)30-2)23-17(27)11-15-18(28)25-20(24-15)26-19(21)22-12-6-4-3-5-7-12/h3-10,15H,11H2,1-2H3,(H,23,27)(H4,21,22,24,25,26,28). The molecule has 2 amide bonds. The third-order valence-electron chi connectivity index (χ3n) is 4.15. The number of nitrogens with one attached hydrogen (secondary N) is 3. The highest BCUT2D eigenvalue weighted by molar-refractivity contribution is 6.11. The maximum absolute atomic E-state index is 12.4. The predicted molar refractivity (Wildman–Crippen MR) is 114 cm³/mol. The number of aliphatic imine (C=N–C) groups is 2. The van der Waals surface area contributed by atoms with Crippen LogP contribution in [0, 0.1) is 0 Å². The molecule has 30 heavy (non-hydrogen) atoms. The summed E-state index contributed by atoms with van der Waals surface area (Å²) in [6.07, 6.45) is -0.161. The van der Waals surface area contributed by atoms with Gasteiger partial charge in [-0.25, -0.2) is 4.99 Å². The number of para-hydroxylation sites is 1. The molecule has 2 aromatic carbocycles. The second-order valence-electron chi connectivity index (χ2n) is 6.26. The van der Waals surface area contributed by atoms with E-state index in [4.69, 9.17) is 15.2 Å². The molecule has 10 heteroatoms. The molecule has 0 bridgehead atoms. The Kier molecular flexibility index (Phi) is 6.48. The Labute approximate surface area is 173 Å². The van der Waals surface area contributed by atoms with Gasteiger partial charge in [0, 0.05) is 11.8 Å². The van der Waals surface area contributed by atoms with Crippen LogP contribution in [-0.4, -0.2) is 44.0 Å². The van der Waals surface area contributed by atoms with Crippen molar-refractivity contribution in [3.8, 4) is 11.5 Å². The molecule has 0 saturated heterocycles. The summed E-state index contributed by atoms with van der Waals surface area (Å²) in [5, 5.41) is 8.10. The molecule has 2 aromatic rings. The first-order valence-corrected chi connectivity index (χ1v) is 9.05.